The first-order valence-corrected chi connectivity index (χ1v) is 5.76. The fourth-order valence-corrected chi connectivity index (χ4v) is 1.71. The first-order valence-electron chi connectivity index (χ1n) is 3.29. The maximum atomic E-state index is 10.6. The van der Waals surface area contributed by atoms with Crippen LogP contribution in [0.15, 0.2) is 0 Å². The van der Waals surface area contributed by atoms with Crippen LogP contribution >= 0.6 is 12.2 Å². The smallest absolute Gasteiger partial charge is 0.174 e. The highest BCUT2D eigenvalue weighted by molar-refractivity contribution is 7.93. The highest BCUT2D eigenvalue weighted by Gasteiger charge is 2.06. The zero-order chi connectivity index (χ0) is 8.91. The van der Waals surface area contributed by atoms with Gasteiger partial charge in [0, 0.05) is 6.26 Å². The molecule has 0 amide bonds. The van der Waals surface area contributed by atoms with E-state index in [1.54, 1.807) is 0 Å². The SMILES string of the molecule is CCCOC(=S)CS(C)(=O)=O. The molecule has 11 heavy (non-hydrogen) atoms. The third kappa shape index (κ3) is 7.74. The molecule has 0 aromatic carbocycles. The normalized spacial score (nSPS) is 11.1. The molecule has 0 atom stereocenters. The minimum absolute atomic E-state index is 0.150. The van der Waals surface area contributed by atoms with Gasteiger partial charge in [0.25, 0.3) is 0 Å². The van der Waals surface area contributed by atoms with Gasteiger partial charge in [-0.05, 0) is 18.6 Å². The van der Waals surface area contributed by atoms with Crippen LogP contribution in [0.4, 0.5) is 0 Å². The van der Waals surface area contributed by atoms with E-state index in [0.717, 1.165) is 12.7 Å². The van der Waals surface area contributed by atoms with E-state index in [9.17, 15) is 8.42 Å². The summed E-state index contributed by atoms with van der Waals surface area (Å²) in [6.45, 7) is 2.43. The topological polar surface area (TPSA) is 43.4 Å². The summed E-state index contributed by atoms with van der Waals surface area (Å²) in [6, 6.07) is 0. The summed E-state index contributed by atoms with van der Waals surface area (Å²) in [5.41, 5.74) is 0. The molecule has 0 aromatic heterocycles. The largest absolute Gasteiger partial charge is 0.486 e. The lowest BCUT2D eigenvalue weighted by Gasteiger charge is -2.03. The van der Waals surface area contributed by atoms with Crippen molar-refractivity contribution < 1.29 is 13.2 Å². The number of sulfone groups is 1. The molecule has 0 aliphatic heterocycles. The van der Waals surface area contributed by atoms with Gasteiger partial charge in [0.2, 0.25) is 0 Å². The van der Waals surface area contributed by atoms with Crippen molar-refractivity contribution in [2.75, 3.05) is 18.6 Å². The molecule has 0 saturated carbocycles. The number of hydrogen-bond acceptors (Lipinski definition) is 4. The summed E-state index contributed by atoms with van der Waals surface area (Å²) < 4.78 is 26.2. The third-order valence-corrected chi connectivity index (χ3v) is 2.08. The molecule has 0 aliphatic rings. The Morgan fingerprint density at radius 1 is 1.55 bits per heavy atom. The van der Waals surface area contributed by atoms with E-state index in [4.69, 9.17) is 4.74 Å². The molecule has 0 fully saturated rings. The molecule has 66 valence electrons. The number of thiocarbonyl (C=S) groups is 1. The van der Waals surface area contributed by atoms with E-state index in [1.807, 2.05) is 6.92 Å². The van der Waals surface area contributed by atoms with Crippen molar-refractivity contribution >= 4 is 27.1 Å². The Kier molecular flexibility index (Phi) is 4.60. The number of ether oxygens (including phenoxy) is 1. The monoisotopic (exact) mass is 196 g/mol. The Labute approximate surface area is 72.7 Å². The van der Waals surface area contributed by atoms with E-state index < -0.39 is 9.84 Å². The second-order valence-corrected chi connectivity index (χ2v) is 4.89. The van der Waals surface area contributed by atoms with Crippen molar-refractivity contribution in [3.05, 3.63) is 0 Å². The lowest BCUT2D eigenvalue weighted by atomic mass is 10.5. The minimum Gasteiger partial charge on any atom is -0.486 e. The second-order valence-electron chi connectivity index (χ2n) is 2.29. The molecular formula is C6H12O3S2. The Bertz CT molecular complexity index is 218. The molecule has 0 aromatic rings. The van der Waals surface area contributed by atoms with Gasteiger partial charge in [0.1, 0.15) is 5.75 Å². The Morgan fingerprint density at radius 2 is 2.09 bits per heavy atom. The van der Waals surface area contributed by atoms with Gasteiger partial charge in [0.05, 0.1) is 6.61 Å². The highest BCUT2D eigenvalue weighted by Crippen LogP contribution is 1.91. The van der Waals surface area contributed by atoms with Gasteiger partial charge >= 0.3 is 0 Å². The van der Waals surface area contributed by atoms with E-state index in [2.05, 4.69) is 12.2 Å². The fourth-order valence-electron chi connectivity index (χ4n) is 0.472. The van der Waals surface area contributed by atoms with E-state index >= 15 is 0 Å². The van der Waals surface area contributed by atoms with Crippen LogP contribution in [-0.4, -0.2) is 32.1 Å². The molecule has 0 heterocycles. The van der Waals surface area contributed by atoms with E-state index in [0.29, 0.717) is 6.61 Å². The van der Waals surface area contributed by atoms with Crippen molar-refractivity contribution in [3.63, 3.8) is 0 Å². The van der Waals surface area contributed by atoms with Gasteiger partial charge < -0.3 is 4.74 Å². The lowest BCUT2D eigenvalue weighted by molar-refractivity contribution is 0.311. The van der Waals surface area contributed by atoms with Crippen LogP contribution < -0.4 is 0 Å². The summed E-state index contributed by atoms with van der Waals surface area (Å²) in [6.07, 6.45) is 1.97. The number of hydrogen-bond donors (Lipinski definition) is 0. The van der Waals surface area contributed by atoms with Crippen molar-refractivity contribution in [2.24, 2.45) is 0 Å². The minimum atomic E-state index is -3.02. The lowest BCUT2D eigenvalue weighted by Crippen LogP contribution is -2.15. The van der Waals surface area contributed by atoms with Crippen LogP contribution in [0.1, 0.15) is 13.3 Å². The van der Waals surface area contributed by atoms with E-state index in [-0.39, 0.29) is 10.8 Å². The maximum Gasteiger partial charge on any atom is 0.174 e. The van der Waals surface area contributed by atoms with E-state index in [1.165, 1.54) is 0 Å². The molecule has 3 nitrogen and oxygen atoms in total. The molecule has 5 heteroatoms. The number of rotatable bonds is 4. The Morgan fingerprint density at radius 3 is 2.45 bits per heavy atom. The average molecular weight is 196 g/mol. The van der Waals surface area contributed by atoms with Crippen LogP contribution in [0.3, 0.4) is 0 Å². The van der Waals surface area contributed by atoms with Crippen LogP contribution in [0.25, 0.3) is 0 Å². The standard InChI is InChI=1S/C6H12O3S2/c1-3-4-9-6(10)5-11(2,7)8/h3-5H2,1-2H3. The van der Waals surface area contributed by atoms with Gasteiger partial charge in [0.15, 0.2) is 14.9 Å². The molecule has 0 radical (unpaired) electrons. The molecule has 0 bridgehead atoms. The molecule has 0 spiro atoms. The van der Waals surface area contributed by atoms with Gasteiger partial charge in [-0.1, -0.05) is 6.92 Å². The Balaban J connectivity index is 3.71. The molecular weight excluding hydrogens is 184 g/mol. The predicted molar refractivity (Wildman–Crippen MR) is 48.6 cm³/mol. The van der Waals surface area contributed by atoms with Crippen molar-refractivity contribution in [2.45, 2.75) is 13.3 Å². The van der Waals surface area contributed by atoms with Crippen LogP contribution in [0, 0.1) is 0 Å². The molecule has 0 aliphatic carbocycles. The third-order valence-electron chi connectivity index (χ3n) is 0.847. The molecule has 0 unspecified atom stereocenters. The van der Waals surface area contributed by atoms with Gasteiger partial charge in [-0.25, -0.2) is 8.42 Å². The predicted octanol–water partition coefficient (Wildman–Crippen LogP) is 0.785. The summed E-state index contributed by atoms with van der Waals surface area (Å²) >= 11 is 4.67. The maximum absolute atomic E-state index is 10.6. The quantitative estimate of drug-likeness (QED) is 0.623. The second kappa shape index (κ2) is 4.66. The summed E-state index contributed by atoms with van der Waals surface area (Å²) in [7, 11) is -3.02. The first-order chi connectivity index (χ1) is 4.95. The van der Waals surface area contributed by atoms with Crippen LogP contribution in [0.5, 0.6) is 0 Å². The van der Waals surface area contributed by atoms with Crippen molar-refractivity contribution in [3.8, 4) is 0 Å². The molecule has 0 rings (SSSR count). The molecule has 0 N–H and O–H groups in total. The summed E-state index contributed by atoms with van der Waals surface area (Å²) in [4.78, 5) is 0. The zero-order valence-corrected chi connectivity index (χ0v) is 8.30. The summed E-state index contributed by atoms with van der Waals surface area (Å²) in [5, 5.41) is 0.161. The fraction of sp³-hybridized carbons (Fsp3) is 0.833. The zero-order valence-electron chi connectivity index (χ0n) is 6.66. The molecule has 0 saturated heterocycles. The summed E-state index contributed by atoms with van der Waals surface area (Å²) in [5.74, 6) is -0.150. The van der Waals surface area contributed by atoms with Crippen LogP contribution in [-0.2, 0) is 14.6 Å². The highest BCUT2D eigenvalue weighted by atomic mass is 32.2. The first kappa shape index (κ1) is 10.8. The van der Waals surface area contributed by atoms with Gasteiger partial charge in [-0.2, -0.15) is 0 Å². The van der Waals surface area contributed by atoms with Crippen molar-refractivity contribution in [1.82, 2.24) is 0 Å². The van der Waals surface area contributed by atoms with Gasteiger partial charge in [-0.15, -0.1) is 0 Å². The van der Waals surface area contributed by atoms with Crippen molar-refractivity contribution in [1.29, 1.82) is 0 Å². The Hall–Kier alpha value is -0.160. The van der Waals surface area contributed by atoms with Crippen LogP contribution in [0.2, 0.25) is 0 Å². The average Bonchev–Trinajstić information content (AvgIpc) is 1.79. The van der Waals surface area contributed by atoms with Gasteiger partial charge in [-0.3, -0.25) is 0 Å².